The molecule has 8 nitrogen and oxygen atoms in total. The summed E-state index contributed by atoms with van der Waals surface area (Å²) in [6.45, 7) is 9.77. The third-order valence-electron chi connectivity index (χ3n) is 6.07. The number of aromatic amines is 1. The summed E-state index contributed by atoms with van der Waals surface area (Å²) in [6, 6.07) is 5.77. The predicted molar refractivity (Wildman–Crippen MR) is 121 cm³/mol. The Bertz CT molecular complexity index is 1080. The fraction of sp³-hybridized carbons (Fsp3) is 0.478. The second-order valence-electron chi connectivity index (χ2n) is 9.12. The smallest absolute Gasteiger partial charge is 0.258 e. The second kappa shape index (κ2) is 8.17. The lowest BCUT2D eigenvalue weighted by Gasteiger charge is -2.35. The quantitative estimate of drug-likeness (QED) is 0.704. The number of benzene rings is 1. The van der Waals surface area contributed by atoms with Crippen molar-refractivity contribution < 1.29 is 9.59 Å². The van der Waals surface area contributed by atoms with Crippen molar-refractivity contribution in [2.75, 3.05) is 28.6 Å². The molecule has 0 aliphatic carbocycles. The van der Waals surface area contributed by atoms with Gasteiger partial charge in [-0.3, -0.25) is 19.4 Å². The normalized spacial score (nSPS) is 23.2. The summed E-state index contributed by atoms with van der Waals surface area (Å²) in [4.78, 5) is 47.9. The van der Waals surface area contributed by atoms with Gasteiger partial charge in [0.05, 0.1) is 11.5 Å². The molecule has 2 aliphatic rings. The van der Waals surface area contributed by atoms with Gasteiger partial charge in [0, 0.05) is 25.2 Å². The van der Waals surface area contributed by atoms with E-state index in [1.54, 1.807) is 0 Å². The Hall–Kier alpha value is -3.16. The van der Waals surface area contributed by atoms with Crippen LogP contribution in [0.25, 0.3) is 0 Å². The maximum atomic E-state index is 13.1. The fourth-order valence-electron chi connectivity index (χ4n) is 4.66. The average Bonchev–Trinajstić information content (AvgIpc) is 2.69. The van der Waals surface area contributed by atoms with Crippen LogP contribution in [-0.2, 0) is 9.59 Å². The van der Waals surface area contributed by atoms with Gasteiger partial charge in [0.2, 0.25) is 17.8 Å². The Balaban J connectivity index is 1.66. The zero-order valence-corrected chi connectivity index (χ0v) is 18.4. The first-order chi connectivity index (χ1) is 14.7. The van der Waals surface area contributed by atoms with E-state index in [-0.39, 0.29) is 35.2 Å². The molecule has 2 amide bonds. The maximum Gasteiger partial charge on any atom is 0.258 e. The lowest BCUT2D eigenvalue weighted by atomic mass is 9.91. The molecule has 1 aromatic heterocycles. The lowest BCUT2D eigenvalue weighted by molar-refractivity contribution is -0.123. The van der Waals surface area contributed by atoms with Crippen LogP contribution in [0.1, 0.15) is 49.3 Å². The maximum absolute atomic E-state index is 13.1. The van der Waals surface area contributed by atoms with Crippen molar-refractivity contribution in [2.24, 2.45) is 11.8 Å². The Morgan fingerprint density at radius 1 is 1.16 bits per heavy atom. The molecule has 1 fully saturated rings. The minimum Gasteiger partial charge on any atom is -0.342 e. The minimum atomic E-state index is -0.895. The number of fused-ring (bicyclic) bond motifs is 1. The molecular formula is C23H29N5O3. The molecule has 0 unspecified atom stereocenters. The number of aromatic nitrogens is 2. The van der Waals surface area contributed by atoms with E-state index in [1.165, 1.54) is 0 Å². The number of piperidine rings is 1. The summed E-state index contributed by atoms with van der Waals surface area (Å²) in [5.41, 5.74) is 2.43. The van der Waals surface area contributed by atoms with Crippen LogP contribution in [0.5, 0.6) is 0 Å². The minimum absolute atomic E-state index is 0.0917. The van der Waals surface area contributed by atoms with Crippen LogP contribution < -0.4 is 21.1 Å². The molecule has 164 valence electrons. The molecule has 1 aromatic carbocycles. The molecule has 8 heteroatoms. The molecular weight excluding hydrogens is 394 g/mol. The van der Waals surface area contributed by atoms with Crippen molar-refractivity contribution >= 4 is 29.3 Å². The third kappa shape index (κ3) is 4.33. The summed E-state index contributed by atoms with van der Waals surface area (Å²) in [5.74, 6) is -0.0113. The molecule has 3 heterocycles. The van der Waals surface area contributed by atoms with Gasteiger partial charge in [-0.2, -0.15) is 4.98 Å². The highest BCUT2D eigenvalue weighted by molar-refractivity contribution is 6.04. The number of nitrogens with zero attached hydrogens (tertiary/aromatic N) is 2. The highest BCUT2D eigenvalue weighted by atomic mass is 16.2. The van der Waals surface area contributed by atoms with E-state index in [9.17, 15) is 14.4 Å². The Morgan fingerprint density at radius 2 is 1.87 bits per heavy atom. The van der Waals surface area contributed by atoms with Gasteiger partial charge in [0.1, 0.15) is 5.82 Å². The summed E-state index contributed by atoms with van der Waals surface area (Å²) in [7, 11) is 0. The monoisotopic (exact) mass is 423 g/mol. The summed E-state index contributed by atoms with van der Waals surface area (Å²) < 4.78 is 0. The van der Waals surface area contributed by atoms with E-state index in [0.717, 1.165) is 30.6 Å². The van der Waals surface area contributed by atoms with Crippen molar-refractivity contribution in [1.29, 1.82) is 0 Å². The molecule has 1 saturated heterocycles. The number of hydrogen-bond acceptors (Lipinski definition) is 5. The molecule has 0 saturated carbocycles. The van der Waals surface area contributed by atoms with Crippen molar-refractivity contribution in [3.05, 3.63) is 45.2 Å². The topological polar surface area (TPSA) is 107 Å². The molecule has 2 aliphatic heterocycles. The predicted octanol–water partition coefficient (Wildman–Crippen LogP) is 2.93. The number of H-pyrrole nitrogens is 1. The second-order valence-corrected chi connectivity index (χ2v) is 9.12. The summed E-state index contributed by atoms with van der Waals surface area (Å²) in [5, 5.41) is 5.58. The summed E-state index contributed by atoms with van der Waals surface area (Å²) >= 11 is 0. The molecule has 0 spiro atoms. The van der Waals surface area contributed by atoms with Gasteiger partial charge in [-0.25, -0.2) is 0 Å². The number of rotatable bonds is 3. The molecule has 0 radical (unpaired) electrons. The number of anilines is 3. The van der Waals surface area contributed by atoms with Crippen molar-refractivity contribution in [3.63, 3.8) is 0 Å². The Morgan fingerprint density at radius 3 is 2.58 bits per heavy atom. The van der Waals surface area contributed by atoms with Crippen molar-refractivity contribution in [1.82, 2.24) is 9.97 Å². The molecule has 4 rings (SSSR count). The van der Waals surface area contributed by atoms with Crippen molar-refractivity contribution in [2.45, 2.75) is 46.5 Å². The molecule has 31 heavy (non-hydrogen) atoms. The van der Waals surface area contributed by atoms with E-state index < -0.39 is 5.92 Å². The van der Waals surface area contributed by atoms with Gasteiger partial charge in [-0.15, -0.1) is 0 Å². The largest absolute Gasteiger partial charge is 0.342 e. The molecule has 3 atom stereocenters. The van der Waals surface area contributed by atoms with Gasteiger partial charge in [-0.1, -0.05) is 26.0 Å². The first kappa shape index (κ1) is 21.1. The summed E-state index contributed by atoms with van der Waals surface area (Å²) in [6.07, 6.45) is 1.04. The van der Waals surface area contributed by atoms with E-state index >= 15 is 0 Å². The van der Waals surface area contributed by atoms with E-state index in [0.29, 0.717) is 23.5 Å². The molecule has 3 N–H and O–H groups in total. The van der Waals surface area contributed by atoms with Crippen LogP contribution in [0, 0.1) is 25.7 Å². The van der Waals surface area contributed by atoms with Gasteiger partial charge in [-0.05, 0) is 49.3 Å². The van der Waals surface area contributed by atoms with Crippen LogP contribution in [-0.4, -0.2) is 34.9 Å². The van der Waals surface area contributed by atoms with E-state index in [1.807, 2.05) is 36.9 Å². The van der Waals surface area contributed by atoms with Gasteiger partial charge >= 0.3 is 0 Å². The van der Waals surface area contributed by atoms with E-state index in [2.05, 4.69) is 34.4 Å². The Kier molecular flexibility index (Phi) is 5.56. The number of carbonyl (C=O) groups excluding carboxylic acids is 2. The van der Waals surface area contributed by atoms with E-state index in [4.69, 9.17) is 0 Å². The average molecular weight is 424 g/mol. The number of carbonyl (C=O) groups is 2. The lowest BCUT2D eigenvalue weighted by Crippen LogP contribution is -2.42. The van der Waals surface area contributed by atoms with Gasteiger partial charge in [0.25, 0.3) is 5.56 Å². The van der Waals surface area contributed by atoms with Crippen LogP contribution in [0.2, 0.25) is 0 Å². The third-order valence-corrected chi connectivity index (χ3v) is 6.07. The first-order valence-electron chi connectivity index (χ1n) is 10.8. The van der Waals surface area contributed by atoms with Crippen LogP contribution in [0.4, 0.5) is 17.5 Å². The molecule has 2 aromatic rings. The van der Waals surface area contributed by atoms with Gasteiger partial charge in [0.15, 0.2) is 0 Å². The number of aryl methyl sites for hydroxylation is 2. The van der Waals surface area contributed by atoms with Crippen LogP contribution in [0.3, 0.4) is 0 Å². The highest BCUT2D eigenvalue weighted by Crippen LogP contribution is 2.32. The fourth-order valence-corrected chi connectivity index (χ4v) is 4.66. The number of hydrogen-bond donors (Lipinski definition) is 3. The SMILES string of the molecule is Cc1ccc(C)c(NC(=O)[C@H]2CC(=O)Nc3nc(N4C[C@H](C)C[C@@H](C)C4)[nH]c(=O)c32)c1. The first-order valence-corrected chi connectivity index (χ1v) is 10.8. The van der Waals surface area contributed by atoms with Crippen LogP contribution in [0.15, 0.2) is 23.0 Å². The van der Waals surface area contributed by atoms with Gasteiger partial charge < -0.3 is 15.5 Å². The number of amides is 2. The highest BCUT2D eigenvalue weighted by Gasteiger charge is 2.35. The Labute approximate surface area is 181 Å². The standard InChI is InChI=1S/C23H29N5O3/c1-12-5-6-15(4)17(8-12)24-21(30)16-9-18(29)25-20-19(16)22(31)27-23(26-20)28-10-13(2)7-14(3)11-28/h5-6,8,13-14,16H,7,9-11H2,1-4H3,(H,24,30)(H2,25,26,27,29,31)/t13-,14-,16+/m1/s1. The zero-order valence-electron chi connectivity index (χ0n) is 18.4. The molecule has 0 bridgehead atoms. The number of nitrogens with one attached hydrogen (secondary N) is 3. The van der Waals surface area contributed by atoms with Crippen LogP contribution >= 0.6 is 0 Å². The zero-order chi connectivity index (χ0) is 22.3. The van der Waals surface area contributed by atoms with Crippen molar-refractivity contribution in [3.8, 4) is 0 Å².